The minimum atomic E-state index is -0.708. The highest BCUT2D eigenvalue weighted by molar-refractivity contribution is 5.92. The standard InChI is InChI=1S/C34H36F2N6O2/c1-20-18-37-21(2)14-28(20)38-32-23-10-11-34(3,4)17-29(23)39-33(40-32)31-24-8-6-7-9-30(24)42(41-31)19-25-26(35)15-22(16-27(25)36)44-13-12-43-5/h6-9,14-16,18H,10-13,17,19H2,1-5H3,(H,37,38,39,40). The second-order valence-corrected chi connectivity index (χ2v) is 12.2. The van der Waals surface area contributed by atoms with Gasteiger partial charge in [0, 0.05) is 53.3 Å². The number of para-hydroxylation sites is 1. The molecule has 44 heavy (non-hydrogen) atoms. The summed E-state index contributed by atoms with van der Waals surface area (Å²) >= 11 is 0. The van der Waals surface area contributed by atoms with Crippen LogP contribution in [0.3, 0.4) is 0 Å². The first kappa shape index (κ1) is 29.6. The topological polar surface area (TPSA) is 87.0 Å². The van der Waals surface area contributed by atoms with Crippen LogP contribution in [0, 0.1) is 30.9 Å². The van der Waals surface area contributed by atoms with Crippen LogP contribution in [0.5, 0.6) is 5.75 Å². The van der Waals surface area contributed by atoms with Gasteiger partial charge in [-0.1, -0.05) is 32.0 Å². The highest BCUT2D eigenvalue weighted by Gasteiger charge is 2.30. The molecule has 6 rings (SSSR count). The molecule has 0 fully saturated rings. The van der Waals surface area contributed by atoms with Gasteiger partial charge in [0.2, 0.25) is 0 Å². The van der Waals surface area contributed by atoms with E-state index >= 15 is 8.78 Å². The lowest BCUT2D eigenvalue weighted by Gasteiger charge is -2.31. The van der Waals surface area contributed by atoms with Gasteiger partial charge in [-0.25, -0.2) is 18.7 Å². The summed E-state index contributed by atoms with van der Waals surface area (Å²) < 4.78 is 42.4. The summed E-state index contributed by atoms with van der Waals surface area (Å²) in [7, 11) is 1.53. The maximum atomic E-state index is 15.2. The molecule has 0 spiro atoms. The zero-order valence-corrected chi connectivity index (χ0v) is 25.7. The van der Waals surface area contributed by atoms with E-state index in [-0.39, 0.29) is 29.9 Å². The number of hydrogen-bond donors (Lipinski definition) is 1. The van der Waals surface area contributed by atoms with E-state index in [4.69, 9.17) is 24.5 Å². The Morgan fingerprint density at radius 3 is 2.57 bits per heavy atom. The van der Waals surface area contributed by atoms with Crippen molar-refractivity contribution in [1.29, 1.82) is 0 Å². The van der Waals surface area contributed by atoms with Crippen molar-refractivity contribution in [2.45, 2.75) is 53.5 Å². The zero-order chi connectivity index (χ0) is 31.0. The van der Waals surface area contributed by atoms with Crippen molar-refractivity contribution in [3.05, 3.63) is 88.4 Å². The number of anilines is 2. The Morgan fingerprint density at radius 2 is 1.80 bits per heavy atom. The number of pyridine rings is 1. The summed E-state index contributed by atoms with van der Waals surface area (Å²) in [5.74, 6) is -0.100. The molecular formula is C34H36F2N6O2. The highest BCUT2D eigenvalue weighted by Crippen LogP contribution is 2.39. The second-order valence-electron chi connectivity index (χ2n) is 12.2. The van der Waals surface area contributed by atoms with Crippen LogP contribution in [-0.4, -0.2) is 45.1 Å². The van der Waals surface area contributed by atoms with Crippen molar-refractivity contribution in [2.24, 2.45) is 5.41 Å². The van der Waals surface area contributed by atoms with Crippen LogP contribution in [0.2, 0.25) is 0 Å². The van der Waals surface area contributed by atoms with E-state index in [0.29, 0.717) is 18.1 Å². The van der Waals surface area contributed by atoms with Gasteiger partial charge >= 0.3 is 0 Å². The lowest BCUT2D eigenvalue weighted by molar-refractivity contribution is 0.146. The average Bonchev–Trinajstić information content (AvgIpc) is 3.34. The normalized spacial score (nSPS) is 14.1. The molecule has 0 unspecified atom stereocenters. The first-order valence-electron chi connectivity index (χ1n) is 14.8. The fourth-order valence-electron chi connectivity index (χ4n) is 5.66. The molecule has 10 heteroatoms. The van der Waals surface area contributed by atoms with E-state index in [1.807, 2.05) is 50.4 Å². The molecule has 1 N–H and O–H groups in total. The molecule has 0 atom stereocenters. The Labute approximate surface area is 255 Å². The lowest BCUT2D eigenvalue weighted by Crippen LogP contribution is -2.25. The fraction of sp³-hybridized carbons (Fsp3) is 0.353. The van der Waals surface area contributed by atoms with Gasteiger partial charge in [0.05, 0.1) is 24.4 Å². The lowest BCUT2D eigenvalue weighted by atomic mass is 9.76. The molecule has 3 heterocycles. The molecule has 0 amide bonds. The number of nitrogens with one attached hydrogen (secondary N) is 1. The average molecular weight is 599 g/mol. The number of aryl methyl sites for hydroxylation is 2. The highest BCUT2D eigenvalue weighted by atomic mass is 19.1. The molecule has 8 nitrogen and oxygen atoms in total. The number of nitrogens with zero attached hydrogens (tertiary/aromatic N) is 5. The quantitative estimate of drug-likeness (QED) is 0.181. The van der Waals surface area contributed by atoms with Gasteiger partial charge in [-0.3, -0.25) is 9.67 Å². The van der Waals surface area contributed by atoms with Gasteiger partial charge in [-0.05, 0) is 56.2 Å². The summed E-state index contributed by atoms with van der Waals surface area (Å²) in [6.07, 6.45) is 4.53. The van der Waals surface area contributed by atoms with Crippen LogP contribution in [0.4, 0.5) is 20.3 Å². The van der Waals surface area contributed by atoms with Crippen LogP contribution in [-0.2, 0) is 24.1 Å². The van der Waals surface area contributed by atoms with Crippen molar-refractivity contribution in [3.63, 3.8) is 0 Å². The number of hydrogen-bond acceptors (Lipinski definition) is 7. The molecule has 5 aromatic rings. The second kappa shape index (κ2) is 11.9. The Kier molecular flexibility index (Phi) is 8.02. The summed E-state index contributed by atoms with van der Waals surface area (Å²) in [5.41, 5.74) is 6.19. The molecule has 2 aromatic carbocycles. The Morgan fingerprint density at radius 1 is 1.02 bits per heavy atom. The third kappa shape index (κ3) is 5.99. The maximum Gasteiger partial charge on any atom is 0.182 e. The number of ether oxygens (including phenoxy) is 2. The Hall–Kier alpha value is -4.44. The van der Waals surface area contributed by atoms with E-state index in [2.05, 4.69) is 24.1 Å². The molecule has 0 radical (unpaired) electrons. The number of halogens is 2. The van der Waals surface area contributed by atoms with E-state index < -0.39 is 11.6 Å². The largest absolute Gasteiger partial charge is 0.491 e. The zero-order valence-electron chi connectivity index (χ0n) is 25.7. The third-order valence-electron chi connectivity index (χ3n) is 8.13. The van der Waals surface area contributed by atoms with Crippen molar-refractivity contribution in [3.8, 4) is 17.3 Å². The van der Waals surface area contributed by atoms with Crippen molar-refractivity contribution >= 4 is 22.4 Å². The monoisotopic (exact) mass is 598 g/mol. The van der Waals surface area contributed by atoms with E-state index in [9.17, 15) is 0 Å². The predicted molar refractivity (Wildman–Crippen MR) is 166 cm³/mol. The smallest absolute Gasteiger partial charge is 0.182 e. The Bertz CT molecular complexity index is 1830. The van der Waals surface area contributed by atoms with Crippen LogP contribution < -0.4 is 10.1 Å². The summed E-state index contributed by atoms with van der Waals surface area (Å²) in [6, 6.07) is 12.0. The number of benzene rings is 2. The van der Waals surface area contributed by atoms with Gasteiger partial charge in [-0.2, -0.15) is 5.10 Å². The number of aromatic nitrogens is 5. The molecule has 3 aromatic heterocycles. The first-order valence-corrected chi connectivity index (χ1v) is 14.8. The fourth-order valence-corrected chi connectivity index (χ4v) is 5.66. The molecule has 228 valence electrons. The third-order valence-corrected chi connectivity index (χ3v) is 8.13. The van der Waals surface area contributed by atoms with Gasteiger partial charge in [0.1, 0.15) is 35.5 Å². The number of fused-ring (bicyclic) bond motifs is 2. The number of methoxy groups -OCH3 is 1. The van der Waals surface area contributed by atoms with Crippen LogP contribution in [0.1, 0.15) is 48.3 Å². The molecule has 0 bridgehead atoms. The van der Waals surface area contributed by atoms with Gasteiger partial charge in [0.15, 0.2) is 5.82 Å². The maximum absolute atomic E-state index is 15.2. The Balaban J connectivity index is 1.43. The first-order chi connectivity index (χ1) is 21.1. The van der Waals surface area contributed by atoms with Gasteiger partial charge in [0.25, 0.3) is 0 Å². The van der Waals surface area contributed by atoms with Crippen LogP contribution >= 0.6 is 0 Å². The minimum absolute atomic E-state index is 0.0922. The van der Waals surface area contributed by atoms with E-state index in [0.717, 1.165) is 64.2 Å². The van der Waals surface area contributed by atoms with E-state index in [1.165, 1.54) is 19.2 Å². The van der Waals surface area contributed by atoms with Crippen molar-refractivity contribution < 1.29 is 18.3 Å². The van der Waals surface area contributed by atoms with Crippen molar-refractivity contribution in [1.82, 2.24) is 24.7 Å². The van der Waals surface area contributed by atoms with E-state index in [1.54, 1.807) is 4.68 Å². The molecular weight excluding hydrogens is 562 g/mol. The van der Waals surface area contributed by atoms with Crippen LogP contribution in [0.15, 0.2) is 48.7 Å². The molecule has 0 saturated carbocycles. The van der Waals surface area contributed by atoms with Gasteiger partial charge in [-0.15, -0.1) is 0 Å². The molecule has 1 aliphatic rings. The number of rotatable bonds is 9. The molecule has 1 aliphatic carbocycles. The van der Waals surface area contributed by atoms with Gasteiger partial charge < -0.3 is 14.8 Å². The van der Waals surface area contributed by atoms with Crippen molar-refractivity contribution in [2.75, 3.05) is 25.6 Å². The van der Waals surface area contributed by atoms with Crippen LogP contribution in [0.25, 0.3) is 22.4 Å². The predicted octanol–water partition coefficient (Wildman–Crippen LogP) is 7.12. The molecule has 0 aliphatic heterocycles. The molecule has 0 saturated heterocycles. The minimum Gasteiger partial charge on any atom is -0.491 e. The summed E-state index contributed by atoms with van der Waals surface area (Å²) in [6.45, 7) is 8.86. The summed E-state index contributed by atoms with van der Waals surface area (Å²) in [5, 5.41) is 9.22. The SMILES string of the molecule is COCCOc1cc(F)c(Cn2nc(-c3nc4c(c(Nc5cc(C)ncc5C)n3)CCC(C)(C)C4)c3ccccc32)c(F)c1. The summed E-state index contributed by atoms with van der Waals surface area (Å²) in [4.78, 5) is 14.5.